The summed E-state index contributed by atoms with van der Waals surface area (Å²) in [6.45, 7) is 4.98. The monoisotopic (exact) mass is 465 g/mol. The topological polar surface area (TPSA) is 96.0 Å². The van der Waals surface area contributed by atoms with Crippen LogP contribution in [0.25, 0.3) is 0 Å². The number of ether oxygens (including phenoxy) is 1. The standard InChI is InChI=1S/C21H27N3O5S2/c1-15-12-24(13-16(2)29-15)21(26)18-8-6-17(7-9-18)11-22-19(25)14-23(3)31(27,28)20-5-4-10-30-20/h4-10,15-16H,11-14H2,1-3H3,(H,22,25). The minimum Gasteiger partial charge on any atom is -0.372 e. The summed E-state index contributed by atoms with van der Waals surface area (Å²) >= 11 is 1.11. The van der Waals surface area contributed by atoms with Gasteiger partial charge in [-0.3, -0.25) is 9.59 Å². The molecule has 2 heterocycles. The van der Waals surface area contributed by atoms with Crippen molar-refractivity contribution in [2.45, 2.75) is 36.8 Å². The van der Waals surface area contributed by atoms with Crippen LogP contribution in [-0.2, 0) is 26.1 Å². The van der Waals surface area contributed by atoms with E-state index in [4.69, 9.17) is 4.74 Å². The first-order valence-corrected chi connectivity index (χ1v) is 12.3. The molecule has 1 N–H and O–H groups in total. The van der Waals surface area contributed by atoms with Crippen molar-refractivity contribution < 1.29 is 22.7 Å². The van der Waals surface area contributed by atoms with E-state index in [1.54, 1.807) is 40.6 Å². The molecule has 1 aliphatic rings. The largest absolute Gasteiger partial charge is 0.372 e. The highest BCUT2D eigenvalue weighted by atomic mass is 32.2. The maximum Gasteiger partial charge on any atom is 0.254 e. The number of amides is 2. The molecule has 8 nitrogen and oxygen atoms in total. The predicted molar refractivity (Wildman–Crippen MR) is 118 cm³/mol. The molecule has 168 valence electrons. The van der Waals surface area contributed by atoms with E-state index in [0.29, 0.717) is 18.7 Å². The number of likely N-dealkylation sites (N-methyl/N-ethyl adjacent to an activating group) is 1. The number of nitrogens with one attached hydrogen (secondary N) is 1. The summed E-state index contributed by atoms with van der Waals surface area (Å²) in [5, 5.41) is 4.39. The molecule has 2 amide bonds. The quantitative estimate of drug-likeness (QED) is 0.674. The Kier molecular flexibility index (Phi) is 7.47. The number of hydrogen-bond acceptors (Lipinski definition) is 6. The van der Waals surface area contributed by atoms with E-state index in [1.807, 2.05) is 13.8 Å². The normalized spacial score (nSPS) is 19.4. The van der Waals surface area contributed by atoms with E-state index in [0.717, 1.165) is 21.2 Å². The lowest BCUT2D eigenvalue weighted by molar-refractivity contribution is -0.121. The highest BCUT2D eigenvalue weighted by Gasteiger charge is 2.27. The second-order valence-corrected chi connectivity index (χ2v) is 10.9. The van der Waals surface area contributed by atoms with Gasteiger partial charge >= 0.3 is 0 Å². The molecule has 2 atom stereocenters. The van der Waals surface area contributed by atoms with Crippen LogP contribution in [0.5, 0.6) is 0 Å². The van der Waals surface area contributed by atoms with Crippen molar-refractivity contribution in [2.75, 3.05) is 26.7 Å². The second-order valence-electron chi connectivity index (χ2n) is 7.63. The summed E-state index contributed by atoms with van der Waals surface area (Å²) in [6, 6.07) is 10.2. The summed E-state index contributed by atoms with van der Waals surface area (Å²) in [5.74, 6) is -0.447. The van der Waals surface area contributed by atoms with Crippen molar-refractivity contribution in [1.29, 1.82) is 0 Å². The van der Waals surface area contributed by atoms with Crippen LogP contribution >= 0.6 is 11.3 Å². The highest BCUT2D eigenvalue weighted by molar-refractivity contribution is 7.91. The van der Waals surface area contributed by atoms with Crippen molar-refractivity contribution in [3.05, 3.63) is 52.9 Å². The Hall–Kier alpha value is -2.27. The SMILES string of the molecule is CC1CN(C(=O)c2ccc(CNC(=O)CN(C)S(=O)(=O)c3cccs3)cc2)CC(C)O1. The van der Waals surface area contributed by atoms with Gasteiger partial charge < -0.3 is 15.0 Å². The van der Waals surface area contributed by atoms with E-state index >= 15 is 0 Å². The van der Waals surface area contributed by atoms with Gasteiger partial charge in [-0.15, -0.1) is 11.3 Å². The van der Waals surface area contributed by atoms with E-state index in [-0.39, 0.29) is 35.4 Å². The molecule has 2 aromatic rings. The number of carbonyl (C=O) groups excluding carboxylic acids is 2. The van der Waals surface area contributed by atoms with Crippen LogP contribution in [0, 0.1) is 0 Å². The van der Waals surface area contributed by atoms with Crippen LogP contribution in [0.2, 0.25) is 0 Å². The average molecular weight is 466 g/mol. The van der Waals surface area contributed by atoms with Crippen LogP contribution in [0.15, 0.2) is 46.0 Å². The number of thiophene rings is 1. The Morgan fingerprint density at radius 1 is 1.16 bits per heavy atom. The molecule has 3 rings (SSSR count). The lowest BCUT2D eigenvalue weighted by Crippen LogP contribution is -2.48. The Balaban J connectivity index is 1.52. The average Bonchev–Trinajstić information content (AvgIpc) is 3.27. The molecular weight excluding hydrogens is 438 g/mol. The van der Waals surface area contributed by atoms with Gasteiger partial charge in [-0.25, -0.2) is 8.42 Å². The van der Waals surface area contributed by atoms with E-state index in [1.165, 1.54) is 13.1 Å². The molecule has 1 aromatic carbocycles. The number of rotatable bonds is 7. The Morgan fingerprint density at radius 2 is 1.81 bits per heavy atom. The molecule has 0 radical (unpaired) electrons. The summed E-state index contributed by atoms with van der Waals surface area (Å²) in [7, 11) is -2.29. The van der Waals surface area contributed by atoms with Crippen LogP contribution in [0.4, 0.5) is 0 Å². The number of carbonyl (C=O) groups is 2. The summed E-state index contributed by atoms with van der Waals surface area (Å²) in [5.41, 5.74) is 1.40. The second kappa shape index (κ2) is 9.90. The van der Waals surface area contributed by atoms with Crippen LogP contribution < -0.4 is 5.32 Å². The van der Waals surface area contributed by atoms with Crippen LogP contribution in [-0.4, -0.2) is 68.3 Å². The molecule has 1 aromatic heterocycles. The lowest BCUT2D eigenvalue weighted by atomic mass is 10.1. The van der Waals surface area contributed by atoms with Crippen molar-refractivity contribution in [1.82, 2.24) is 14.5 Å². The third-order valence-corrected chi connectivity index (χ3v) is 8.10. The van der Waals surface area contributed by atoms with Crippen LogP contribution in [0.3, 0.4) is 0 Å². The van der Waals surface area contributed by atoms with Crippen molar-refractivity contribution in [2.24, 2.45) is 0 Å². The van der Waals surface area contributed by atoms with Crippen molar-refractivity contribution in [3.63, 3.8) is 0 Å². The Morgan fingerprint density at radius 3 is 2.39 bits per heavy atom. The summed E-state index contributed by atoms with van der Waals surface area (Å²) in [6.07, 6.45) is 0.00731. The van der Waals surface area contributed by atoms with Gasteiger partial charge in [0.15, 0.2) is 0 Å². The van der Waals surface area contributed by atoms with E-state index in [2.05, 4.69) is 5.32 Å². The molecule has 1 saturated heterocycles. The first kappa shape index (κ1) is 23.4. The zero-order valence-corrected chi connectivity index (χ0v) is 19.4. The van der Waals surface area contributed by atoms with Gasteiger partial charge in [-0.1, -0.05) is 18.2 Å². The molecule has 0 saturated carbocycles. The van der Waals surface area contributed by atoms with Crippen LogP contribution in [0.1, 0.15) is 29.8 Å². The number of hydrogen-bond donors (Lipinski definition) is 1. The molecule has 0 spiro atoms. The smallest absolute Gasteiger partial charge is 0.254 e. The maximum atomic E-state index is 12.7. The van der Waals surface area contributed by atoms with Gasteiger partial charge in [-0.05, 0) is 43.0 Å². The molecular formula is C21H27N3O5S2. The fraction of sp³-hybridized carbons (Fsp3) is 0.429. The van der Waals surface area contributed by atoms with Gasteiger partial charge in [-0.2, -0.15) is 4.31 Å². The summed E-state index contributed by atoms with van der Waals surface area (Å²) < 4.78 is 31.7. The van der Waals surface area contributed by atoms with E-state index in [9.17, 15) is 18.0 Å². The van der Waals surface area contributed by atoms with Gasteiger partial charge in [0, 0.05) is 32.2 Å². The first-order valence-electron chi connectivity index (χ1n) is 9.97. The fourth-order valence-corrected chi connectivity index (χ4v) is 5.73. The Bertz CT molecular complexity index is 996. The molecule has 31 heavy (non-hydrogen) atoms. The maximum absolute atomic E-state index is 12.7. The molecule has 10 heteroatoms. The number of benzene rings is 1. The van der Waals surface area contributed by atoms with Crippen molar-refractivity contribution >= 4 is 33.2 Å². The van der Waals surface area contributed by atoms with Gasteiger partial charge in [0.1, 0.15) is 4.21 Å². The molecule has 0 bridgehead atoms. The minimum absolute atomic E-state index is 0.00365. The zero-order chi connectivity index (χ0) is 22.6. The molecule has 1 fully saturated rings. The third-order valence-electron chi connectivity index (χ3n) is 4.92. The fourth-order valence-electron chi connectivity index (χ4n) is 3.40. The van der Waals surface area contributed by atoms with E-state index < -0.39 is 15.9 Å². The number of morpholine rings is 1. The zero-order valence-electron chi connectivity index (χ0n) is 17.8. The molecule has 2 unspecified atom stereocenters. The molecule has 0 aliphatic carbocycles. The minimum atomic E-state index is -3.67. The highest BCUT2D eigenvalue weighted by Crippen LogP contribution is 2.19. The predicted octanol–water partition coefficient (Wildman–Crippen LogP) is 1.93. The number of nitrogens with zero attached hydrogens (tertiary/aromatic N) is 2. The van der Waals surface area contributed by atoms with Gasteiger partial charge in [0.2, 0.25) is 5.91 Å². The lowest BCUT2D eigenvalue weighted by Gasteiger charge is -2.35. The Labute approximate surface area is 186 Å². The number of sulfonamides is 1. The first-order chi connectivity index (χ1) is 14.7. The van der Waals surface area contributed by atoms with Gasteiger partial charge in [0.05, 0.1) is 18.8 Å². The van der Waals surface area contributed by atoms with Crippen molar-refractivity contribution in [3.8, 4) is 0 Å². The third kappa shape index (κ3) is 5.91. The summed E-state index contributed by atoms with van der Waals surface area (Å²) in [4.78, 5) is 26.7. The van der Waals surface area contributed by atoms with Gasteiger partial charge in [0.25, 0.3) is 15.9 Å². The molecule has 1 aliphatic heterocycles.